The summed E-state index contributed by atoms with van der Waals surface area (Å²) in [5.41, 5.74) is 9.49. The van der Waals surface area contributed by atoms with E-state index in [1.165, 1.54) is 0 Å². The highest BCUT2D eigenvalue weighted by molar-refractivity contribution is 5.91. The fraction of sp³-hybridized carbons (Fsp3) is 0.200. The molecule has 7 nitrogen and oxygen atoms in total. The average Bonchev–Trinajstić information content (AvgIpc) is 3.02. The molecular weight excluding hydrogens is 528 g/mol. The number of benzene rings is 4. The largest absolute Gasteiger partial charge is 0.494 e. The monoisotopic (exact) mass is 560 g/mol. The Labute approximate surface area is 245 Å². The van der Waals surface area contributed by atoms with E-state index in [0.717, 1.165) is 36.0 Å². The third kappa shape index (κ3) is 6.73. The molecule has 0 radical (unpaired) electrons. The van der Waals surface area contributed by atoms with Crippen LogP contribution in [0, 0.1) is 11.3 Å². The molecule has 1 aliphatic rings. The Morgan fingerprint density at radius 3 is 2.43 bits per heavy atom. The molecule has 0 aliphatic carbocycles. The zero-order valence-electron chi connectivity index (χ0n) is 23.4. The number of rotatable bonds is 11. The summed E-state index contributed by atoms with van der Waals surface area (Å²) in [4.78, 5) is 12.8. The molecule has 7 heteroatoms. The van der Waals surface area contributed by atoms with E-state index in [-0.39, 0.29) is 5.88 Å². The fourth-order valence-electron chi connectivity index (χ4n) is 4.76. The zero-order chi connectivity index (χ0) is 29.3. The quantitative estimate of drug-likeness (QED) is 0.117. The van der Waals surface area contributed by atoms with Crippen molar-refractivity contribution in [3.8, 4) is 29.1 Å². The number of fused-ring (bicyclic) bond motifs is 1. The number of carbonyl (C=O) groups is 1. The van der Waals surface area contributed by atoms with E-state index in [4.69, 9.17) is 24.7 Å². The number of nitrogens with zero attached hydrogens (tertiary/aromatic N) is 1. The third-order valence-electron chi connectivity index (χ3n) is 6.95. The molecule has 4 aromatic carbocycles. The first kappa shape index (κ1) is 28.3. The van der Waals surface area contributed by atoms with Gasteiger partial charge in [0.15, 0.2) is 0 Å². The number of allylic oxidation sites excluding steroid dienone is 1. The maximum Gasteiger partial charge on any atom is 0.343 e. The molecule has 1 aliphatic heterocycles. The number of esters is 1. The Hall–Kier alpha value is -5.22. The molecule has 0 saturated heterocycles. The minimum Gasteiger partial charge on any atom is -0.494 e. The lowest BCUT2D eigenvalue weighted by Gasteiger charge is -2.27. The van der Waals surface area contributed by atoms with E-state index in [1.807, 2.05) is 54.6 Å². The van der Waals surface area contributed by atoms with Crippen LogP contribution in [0.4, 0.5) is 0 Å². The molecule has 4 aromatic rings. The highest BCUT2D eigenvalue weighted by Gasteiger charge is 2.31. The molecule has 0 saturated carbocycles. The van der Waals surface area contributed by atoms with Crippen LogP contribution in [0.25, 0.3) is 0 Å². The van der Waals surface area contributed by atoms with Crippen LogP contribution in [-0.4, -0.2) is 12.6 Å². The van der Waals surface area contributed by atoms with Gasteiger partial charge in [-0.3, -0.25) is 0 Å². The van der Waals surface area contributed by atoms with Gasteiger partial charge in [0.05, 0.1) is 18.1 Å². The second kappa shape index (κ2) is 13.4. The Morgan fingerprint density at radius 2 is 1.67 bits per heavy atom. The second-order valence-electron chi connectivity index (χ2n) is 9.94. The molecule has 1 heterocycles. The van der Waals surface area contributed by atoms with Crippen molar-refractivity contribution in [2.24, 2.45) is 5.73 Å². The van der Waals surface area contributed by atoms with E-state index in [0.29, 0.717) is 47.3 Å². The molecule has 1 unspecified atom stereocenters. The minimum absolute atomic E-state index is 0.00334. The van der Waals surface area contributed by atoms with Gasteiger partial charge in [0.1, 0.15) is 41.2 Å². The van der Waals surface area contributed by atoms with Crippen LogP contribution < -0.4 is 24.7 Å². The number of carbonyl (C=O) groups excluding carboxylic acids is 1. The topological polar surface area (TPSA) is 104 Å². The average molecular weight is 561 g/mol. The molecule has 0 spiro atoms. The number of nitrogens with two attached hydrogens (primary N) is 1. The van der Waals surface area contributed by atoms with Gasteiger partial charge in [-0.2, -0.15) is 5.26 Å². The van der Waals surface area contributed by atoms with E-state index in [2.05, 4.69) is 13.0 Å². The van der Waals surface area contributed by atoms with Crippen molar-refractivity contribution in [2.75, 3.05) is 6.61 Å². The van der Waals surface area contributed by atoms with Crippen molar-refractivity contribution in [1.29, 1.82) is 5.26 Å². The SMILES string of the molecule is CCCCCOc1ccc(C(=O)Oc2ccc3c(c2)OC(N)=C(C#N)C3c2cccc(OCc3ccccc3)c2)cc1. The second-order valence-corrected chi connectivity index (χ2v) is 9.94. The predicted octanol–water partition coefficient (Wildman–Crippen LogP) is 7.27. The molecule has 5 rings (SSSR count). The summed E-state index contributed by atoms with van der Waals surface area (Å²) in [6.45, 7) is 3.20. The van der Waals surface area contributed by atoms with Crippen molar-refractivity contribution in [3.63, 3.8) is 0 Å². The van der Waals surface area contributed by atoms with Gasteiger partial charge >= 0.3 is 5.97 Å². The van der Waals surface area contributed by atoms with Crippen LogP contribution >= 0.6 is 0 Å². The number of hydrogen-bond acceptors (Lipinski definition) is 7. The van der Waals surface area contributed by atoms with Gasteiger partial charge in [-0.1, -0.05) is 68.3 Å². The molecule has 0 bridgehead atoms. The first-order valence-electron chi connectivity index (χ1n) is 14.0. The third-order valence-corrected chi connectivity index (χ3v) is 6.95. The van der Waals surface area contributed by atoms with Crippen molar-refractivity contribution < 1.29 is 23.7 Å². The number of ether oxygens (including phenoxy) is 4. The van der Waals surface area contributed by atoms with Crippen molar-refractivity contribution >= 4 is 5.97 Å². The van der Waals surface area contributed by atoms with Crippen molar-refractivity contribution in [2.45, 2.75) is 38.7 Å². The summed E-state index contributed by atoms with van der Waals surface area (Å²) >= 11 is 0. The Bertz CT molecular complexity index is 1610. The van der Waals surface area contributed by atoms with Crippen LogP contribution in [0.1, 0.15) is 59.2 Å². The molecule has 42 heavy (non-hydrogen) atoms. The summed E-state index contributed by atoms with van der Waals surface area (Å²) in [7, 11) is 0. The van der Waals surface area contributed by atoms with Crippen LogP contribution in [0.2, 0.25) is 0 Å². The van der Waals surface area contributed by atoms with Crippen molar-refractivity contribution in [1.82, 2.24) is 0 Å². The summed E-state index contributed by atoms with van der Waals surface area (Å²) in [6.07, 6.45) is 3.23. The minimum atomic E-state index is -0.510. The van der Waals surface area contributed by atoms with E-state index in [9.17, 15) is 10.1 Å². The molecular formula is C35H32N2O5. The standard InChI is InChI=1S/C35H32N2O5/c1-2-3-7-19-39-27-15-13-25(14-16-27)35(38)41-29-17-18-30-32(21-29)42-34(37)31(22-36)33(30)26-11-8-12-28(20-26)40-23-24-9-5-4-6-10-24/h4-6,8-18,20-21,33H,2-3,7,19,23,37H2,1H3. The smallest absolute Gasteiger partial charge is 0.343 e. The number of hydrogen-bond donors (Lipinski definition) is 1. The lowest BCUT2D eigenvalue weighted by Crippen LogP contribution is -2.21. The Kier molecular flexibility index (Phi) is 9.05. The van der Waals surface area contributed by atoms with Gasteiger partial charge in [0.2, 0.25) is 5.88 Å². The Morgan fingerprint density at radius 1 is 0.881 bits per heavy atom. The van der Waals surface area contributed by atoms with Crippen LogP contribution in [0.5, 0.6) is 23.0 Å². The maximum atomic E-state index is 12.8. The van der Waals surface area contributed by atoms with E-state index in [1.54, 1.807) is 42.5 Å². The molecule has 0 aromatic heterocycles. The van der Waals surface area contributed by atoms with Crippen LogP contribution in [0.15, 0.2) is 109 Å². The lowest BCUT2D eigenvalue weighted by atomic mass is 9.83. The van der Waals surface area contributed by atoms with Gasteiger partial charge in [-0.25, -0.2) is 4.79 Å². The van der Waals surface area contributed by atoms with E-state index >= 15 is 0 Å². The summed E-state index contributed by atoms with van der Waals surface area (Å²) in [6, 6.07) is 31.6. The fourth-order valence-corrected chi connectivity index (χ4v) is 4.76. The summed E-state index contributed by atoms with van der Waals surface area (Å²) in [5, 5.41) is 9.95. The maximum absolute atomic E-state index is 12.8. The number of nitriles is 1. The predicted molar refractivity (Wildman–Crippen MR) is 159 cm³/mol. The summed E-state index contributed by atoms with van der Waals surface area (Å²) in [5.74, 6) is 1.10. The molecule has 0 amide bonds. The molecule has 212 valence electrons. The molecule has 1 atom stereocenters. The van der Waals surface area contributed by atoms with Crippen LogP contribution in [-0.2, 0) is 6.61 Å². The van der Waals surface area contributed by atoms with Gasteiger partial charge in [-0.15, -0.1) is 0 Å². The first-order chi connectivity index (χ1) is 20.6. The van der Waals surface area contributed by atoms with Gasteiger partial charge < -0.3 is 24.7 Å². The zero-order valence-corrected chi connectivity index (χ0v) is 23.4. The van der Waals surface area contributed by atoms with Gasteiger partial charge in [-0.05, 0) is 60.0 Å². The van der Waals surface area contributed by atoms with Gasteiger partial charge in [0.25, 0.3) is 0 Å². The van der Waals surface area contributed by atoms with E-state index < -0.39 is 11.9 Å². The molecule has 0 fully saturated rings. The number of unbranched alkanes of at least 4 members (excludes halogenated alkanes) is 2. The van der Waals surface area contributed by atoms with Crippen molar-refractivity contribution in [3.05, 3.63) is 131 Å². The first-order valence-corrected chi connectivity index (χ1v) is 14.0. The summed E-state index contributed by atoms with van der Waals surface area (Å²) < 4.78 is 23.2. The van der Waals surface area contributed by atoms with Crippen LogP contribution in [0.3, 0.4) is 0 Å². The van der Waals surface area contributed by atoms with Gasteiger partial charge in [0, 0.05) is 11.6 Å². The highest BCUT2D eigenvalue weighted by Crippen LogP contribution is 2.44. The normalized spacial score (nSPS) is 13.9. The Balaban J connectivity index is 1.32. The highest BCUT2D eigenvalue weighted by atomic mass is 16.5. The lowest BCUT2D eigenvalue weighted by molar-refractivity contribution is 0.0734. The molecule has 2 N–H and O–H groups in total.